The molecule has 1 aliphatic rings. The SMILES string of the molecule is O=C(CCc1cc(Cl)no1)NC1(C(=O)O)CCC1. The molecule has 2 N–H and O–H groups in total. The molecule has 1 aromatic rings. The van der Waals surface area contributed by atoms with Gasteiger partial charge >= 0.3 is 5.97 Å². The van der Waals surface area contributed by atoms with Crippen molar-refractivity contribution < 1.29 is 19.2 Å². The number of rotatable bonds is 5. The highest BCUT2D eigenvalue weighted by molar-refractivity contribution is 6.29. The lowest BCUT2D eigenvalue weighted by molar-refractivity contribution is -0.151. The van der Waals surface area contributed by atoms with Gasteiger partial charge in [0, 0.05) is 18.9 Å². The van der Waals surface area contributed by atoms with Gasteiger partial charge < -0.3 is 14.9 Å². The number of carbonyl (C=O) groups is 2. The van der Waals surface area contributed by atoms with Crippen LogP contribution in [0.4, 0.5) is 0 Å². The number of nitrogens with zero attached hydrogens (tertiary/aromatic N) is 1. The molecule has 0 atom stereocenters. The molecule has 2 rings (SSSR count). The zero-order valence-electron chi connectivity index (χ0n) is 9.61. The first-order chi connectivity index (χ1) is 8.52. The van der Waals surface area contributed by atoms with E-state index in [0.717, 1.165) is 6.42 Å². The lowest BCUT2D eigenvalue weighted by atomic mass is 9.76. The largest absolute Gasteiger partial charge is 0.480 e. The molecular weight excluding hydrogens is 260 g/mol. The normalized spacial score (nSPS) is 16.9. The number of aliphatic carboxylic acids is 1. The highest BCUT2D eigenvalue weighted by Crippen LogP contribution is 2.32. The number of amides is 1. The molecule has 0 spiro atoms. The van der Waals surface area contributed by atoms with E-state index in [-0.39, 0.29) is 17.5 Å². The molecule has 1 heterocycles. The van der Waals surface area contributed by atoms with Crippen molar-refractivity contribution in [1.82, 2.24) is 10.5 Å². The fourth-order valence-electron chi connectivity index (χ4n) is 1.89. The van der Waals surface area contributed by atoms with E-state index in [1.54, 1.807) is 0 Å². The standard InChI is InChI=1S/C11H13ClN2O4/c12-8-6-7(18-14-8)2-3-9(15)13-11(10(16)17)4-1-5-11/h6H,1-5H2,(H,13,15)(H,16,17). The summed E-state index contributed by atoms with van der Waals surface area (Å²) in [5.74, 6) is -0.762. The third kappa shape index (κ3) is 2.64. The Morgan fingerprint density at radius 1 is 1.56 bits per heavy atom. The Morgan fingerprint density at radius 3 is 2.72 bits per heavy atom. The summed E-state index contributed by atoms with van der Waals surface area (Å²) >= 11 is 5.57. The Kier molecular flexibility index (Phi) is 3.56. The molecule has 1 amide bonds. The maximum Gasteiger partial charge on any atom is 0.329 e. The topological polar surface area (TPSA) is 92.4 Å². The molecule has 0 aromatic carbocycles. The van der Waals surface area contributed by atoms with Gasteiger partial charge in [-0.2, -0.15) is 0 Å². The Morgan fingerprint density at radius 2 is 2.28 bits per heavy atom. The highest BCUT2D eigenvalue weighted by atomic mass is 35.5. The summed E-state index contributed by atoms with van der Waals surface area (Å²) in [7, 11) is 0. The number of aryl methyl sites for hydroxylation is 1. The molecule has 7 heteroatoms. The number of carbonyl (C=O) groups excluding carboxylic acids is 1. The van der Waals surface area contributed by atoms with Crippen LogP contribution >= 0.6 is 11.6 Å². The summed E-state index contributed by atoms with van der Waals surface area (Å²) in [4.78, 5) is 22.7. The van der Waals surface area contributed by atoms with Gasteiger partial charge in [0.25, 0.3) is 0 Å². The van der Waals surface area contributed by atoms with Crippen LogP contribution in [0.2, 0.25) is 5.15 Å². The van der Waals surface area contributed by atoms with Crippen LogP contribution in [-0.2, 0) is 16.0 Å². The van der Waals surface area contributed by atoms with Crippen LogP contribution in [0.1, 0.15) is 31.4 Å². The average Bonchev–Trinajstić information content (AvgIpc) is 2.66. The minimum atomic E-state index is -1.06. The summed E-state index contributed by atoms with van der Waals surface area (Å²) in [5.41, 5.74) is -1.06. The van der Waals surface area contributed by atoms with Crippen molar-refractivity contribution in [1.29, 1.82) is 0 Å². The van der Waals surface area contributed by atoms with Crippen molar-refractivity contribution in [3.63, 3.8) is 0 Å². The van der Waals surface area contributed by atoms with E-state index in [9.17, 15) is 9.59 Å². The van der Waals surface area contributed by atoms with Crippen LogP contribution in [0.5, 0.6) is 0 Å². The van der Waals surface area contributed by atoms with Crippen molar-refractivity contribution in [3.8, 4) is 0 Å². The van der Waals surface area contributed by atoms with Crippen molar-refractivity contribution in [3.05, 3.63) is 17.0 Å². The number of nitrogens with one attached hydrogen (secondary N) is 1. The molecule has 0 bridgehead atoms. The second kappa shape index (κ2) is 4.97. The number of hydrogen-bond donors (Lipinski definition) is 2. The molecule has 1 fully saturated rings. The first kappa shape index (κ1) is 12.9. The van der Waals surface area contributed by atoms with Crippen molar-refractivity contribution in [2.24, 2.45) is 0 Å². The van der Waals surface area contributed by atoms with Gasteiger partial charge in [-0.3, -0.25) is 4.79 Å². The first-order valence-corrected chi connectivity index (χ1v) is 6.05. The second-order valence-electron chi connectivity index (χ2n) is 4.40. The average molecular weight is 273 g/mol. The smallest absolute Gasteiger partial charge is 0.329 e. The minimum absolute atomic E-state index is 0.153. The lowest BCUT2D eigenvalue weighted by Crippen LogP contribution is -2.59. The lowest BCUT2D eigenvalue weighted by Gasteiger charge is -2.38. The molecule has 0 unspecified atom stereocenters. The van der Waals surface area contributed by atoms with E-state index in [1.807, 2.05) is 0 Å². The minimum Gasteiger partial charge on any atom is -0.480 e. The number of carboxylic acid groups (broad SMARTS) is 1. The van der Waals surface area contributed by atoms with Gasteiger partial charge in [-0.1, -0.05) is 16.8 Å². The molecule has 98 valence electrons. The van der Waals surface area contributed by atoms with Crippen LogP contribution in [0, 0.1) is 0 Å². The predicted molar refractivity (Wildman–Crippen MR) is 62.2 cm³/mol. The van der Waals surface area contributed by atoms with E-state index < -0.39 is 11.5 Å². The number of aromatic nitrogens is 1. The fraction of sp³-hybridized carbons (Fsp3) is 0.545. The van der Waals surface area contributed by atoms with E-state index >= 15 is 0 Å². The van der Waals surface area contributed by atoms with Gasteiger partial charge in [0.15, 0.2) is 5.15 Å². The third-order valence-corrected chi connectivity index (χ3v) is 3.30. The summed E-state index contributed by atoms with van der Waals surface area (Å²) in [6.45, 7) is 0. The third-order valence-electron chi connectivity index (χ3n) is 3.12. The van der Waals surface area contributed by atoms with Gasteiger partial charge in [0.2, 0.25) is 5.91 Å². The Balaban J connectivity index is 1.83. The summed E-state index contributed by atoms with van der Waals surface area (Å²) in [6.07, 6.45) is 2.30. The maximum absolute atomic E-state index is 11.7. The van der Waals surface area contributed by atoms with Crippen LogP contribution in [0.3, 0.4) is 0 Å². The monoisotopic (exact) mass is 272 g/mol. The summed E-state index contributed by atoms with van der Waals surface area (Å²) in [6, 6.07) is 1.53. The highest BCUT2D eigenvalue weighted by Gasteiger charge is 2.45. The first-order valence-electron chi connectivity index (χ1n) is 5.67. The molecule has 1 aliphatic carbocycles. The molecule has 1 saturated carbocycles. The quantitative estimate of drug-likeness (QED) is 0.845. The molecule has 0 aliphatic heterocycles. The van der Waals surface area contributed by atoms with Gasteiger partial charge in [-0.25, -0.2) is 4.79 Å². The summed E-state index contributed by atoms with van der Waals surface area (Å²) in [5, 5.41) is 15.4. The van der Waals surface area contributed by atoms with Crippen molar-refractivity contribution in [2.45, 2.75) is 37.6 Å². The van der Waals surface area contributed by atoms with E-state index in [1.165, 1.54) is 6.07 Å². The maximum atomic E-state index is 11.7. The van der Waals surface area contributed by atoms with Crippen LogP contribution in [0.15, 0.2) is 10.6 Å². The molecular formula is C11H13ClN2O4. The van der Waals surface area contributed by atoms with Crippen LogP contribution in [-0.4, -0.2) is 27.7 Å². The molecule has 1 aromatic heterocycles. The molecule has 0 radical (unpaired) electrons. The number of hydrogen-bond acceptors (Lipinski definition) is 4. The zero-order valence-corrected chi connectivity index (χ0v) is 10.4. The Bertz CT molecular complexity index is 467. The van der Waals surface area contributed by atoms with Gasteiger partial charge in [-0.05, 0) is 19.3 Å². The summed E-state index contributed by atoms with van der Waals surface area (Å²) < 4.78 is 4.85. The van der Waals surface area contributed by atoms with Gasteiger partial charge in [0.05, 0.1) is 0 Å². The number of carboxylic acids is 1. The van der Waals surface area contributed by atoms with Crippen molar-refractivity contribution >= 4 is 23.5 Å². The van der Waals surface area contributed by atoms with Gasteiger partial charge in [0.1, 0.15) is 11.3 Å². The van der Waals surface area contributed by atoms with Crippen LogP contribution in [0.25, 0.3) is 0 Å². The molecule has 6 nitrogen and oxygen atoms in total. The van der Waals surface area contributed by atoms with Crippen LogP contribution < -0.4 is 5.32 Å². The van der Waals surface area contributed by atoms with E-state index in [0.29, 0.717) is 25.0 Å². The van der Waals surface area contributed by atoms with E-state index in [2.05, 4.69) is 10.5 Å². The molecule has 0 saturated heterocycles. The van der Waals surface area contributed by atoms with Gasteiger partial charge in [-0.15, -0.1) is 0 Å². The Hall–Kier alpha value is -1.56. The predicted octanol–water partition coefficient (Wildman–Crippen LogP) is 1.38. The number of halogens is 1. The molecule has 18 heavy (non-hydrogen) atoms. The van der Waals surface area contributed by atoms with Crippen molar-refractivity contribution in [2.75, 3.05) is 0 Å². The fourth-order valence-corrected chi connectivity index (χ4v) is 2.05. The second-order valence-corrected chi connectivity index (χ2v) is 4.79. The Labute approximate surface area is 108 Å². The van der Waals surface area contributed by atoms with E-state index in [4.69, 9.17) is 21.2 Å². The zero-order chi connectivity index (χ0) is 13.2.